The topological polar surface area (TPSA) is 57.6 Å². The molecule has 6 heteroatoms. The molecule has 0 bridgehead atoms. The molecule has 1 fully saturated rings. The molecule has 21 heavy (non-hydrogen) atoms. The van der Waals surface area contributed by atoms with Crippen molar-refractivity contribution in [2.75, 3.05) is 19.7 Å². The van der Waals surface area contributed by atoms with E-state index < -0.39 is 10.0 Å². The minimum atomic E-state index is -3.57. The molecule has 1 aliphatic rings. The minimum Gasteiger partial charge on any atom is -0.384 e. The third-order valence-corrected chi connectivity index (χ3v) is 6.13. The predicted molar refractivity (Wildman–Crippen MR) is 82.5 cm³/mol. The molecule has 1 saturated heterocycles. The van der Waals surface area contributed by atoms with Gasteiger partial charge in [0.1, 0.15) is 11.5 Å². The Hall–Kier alpha value is -1.06. The Morgan fingerprint density at radius 2 is 1.95 bits per heavy atom. The zero-order valence-corrected chi connectivity index (χ0v) is 13.6. The van der Waals surface area contributed by atoms with Crippen molar-refractivity contribution in [2.45, 2.75) is 18.7 Å². The van der Waals surface area contributed by atoms with E-state index in [1.54, 1.807) is 6.07 Å². The van der Waals surface area contributed by atoms with Gasteiger partial charge in [-0.3, -0.25) is 0 Å². The van der Waals surface area contributed by atoms with Crippen molar-refractivity contribution in [3.63, 3.8) is 0 Å². The molecule has 114 valence electrons. The number of halogens is 1. The molecule has 0 spiro atoms. The van der Waals surface area contributed by atoms with Crippen molar-refractivity contribution in [3.8, 4) is 11.8 Å². The van der Waals surface area contributed by atoms with Crippen LogP contribution < -0.4 is 0 Å². The number of sulfonamides is 1. The monoisotopic (exact) mass is 327 g/mol. The summed E-state index contributed by atoms with van der Waals surface area (Å²) in [6.45, 7) is 4.89. The van der Waals surface area contributed by atoms with Crippen LogP contribution in [0.4, 0.5) is 0 Å². The van der Waals surface area contributed by atoms with Gasteiger partial charge in [-0.1, -0.05) is 37.3 Å². The first-order chi connectivity index (χ1) is 9.86. The molecule has 1 aliphatic heterocycles. The number of aliphatic hydroxyl groups excluding tert-OH is 1. The number of hydrogen-bond acceptors (Lipinski definition) is 3. The zero-order valence-electron chi connectivity index (χ0n) is 12.0. The zero-order chi connectivity index (χ0) is 15.6. The van der Waals surface area contributed by atoms with Crippen molar-refractivity contribution in [1.29, 1.82) is 0 Å². The Kier molecular flexibility index (Phi) is 4.95. The van der Waals surface area contributed by atoms with Gasteiger partial charge in [0.05, 0.1) is 5.02 Å². The molecular formula is C15H18ClNO3S. The van der Waals surface area contributed by atoms with Crippen LogP contribution in [-0.2, 0) is 10.0 Å². The van der Waals surface area contributed by atoms with Gasteiger partial charge < -0.3 is 5.11 Å². The molecule has 2 unspecified atom stereocenters. The average Bonchev–Trinajstić information content (AvgIpc) is 2.77. The molecule has 0 aliphatic carbocycles. The van der Waals surface area contributed by atoms with Crippen LogP contribution in [0.2, 0.25) is 5.02 Å². The van der Waals surface area contributed by atoms with E-state index in [-0.39, 0.29) is 16.5 Å². The highest BCUT2D eigenvalue weighted by Gasteiger charge is 2.35. The summed E-state index contributed by atoms with van der Waals surface area (Å²) in [5.41, 5.74) is 0.580. The number of aliphatic hydroxyl groups is 1. The molecule has 4 nitrogen and oxygen atoms in total. The summed E-state index contributed by atoms with van der Waals surface area (Å²) in [4.78, 5) is 0.111. The molecule has 1 N–H and O–H groups in total. The molecule has 1 aromatic rings. The highest BCUT2D eigenvalue weighted by molar-refractivity contribution is 7.89. The van der Waals surface area contributed by atoms with Crippen LogP contribution >= 0.6 is 11.6 Å². The second kappa shape index (κ2) is 6.37. The van der Waals surface area contributed by atoms with Crippen LogP contribution in [0.25, 0.3) is 0 Å². The smallest absolute Gasteiger partial charge is 0.244 e. The Morgan fingerprint density at radius 3 is 2.48 bits per heavy atom. The molecule has 0 saturated carbocycles. The second-order valence-corrected chi connectivity index (χ2v) is 7.70. The van der Waals surface area contributed by atoms with Crippen LogP contribution in [0.5, 0.6) is 0 Å². The van der Waals surface area contributed by atoms with Gasteiger partial charge in [0, 0.05) is 18.7 Å². The average molecular weight is 328 g/mol. The van der Waals surface area contributed by atoms with Gasteiger partial charge in [-0.2, -0.15) is 4.31 Å². The predicted octanol–water partition coefficient (Wildman–Crippen LogP) is 1.96. The van der Waals surface area contributed by atoms with Crippen molar-refractivity contribution in [1.82, 2.24) is 4.31 Å². The fourth-order valence-electron chi connectivity index (χ4n) is 2.34. The van der Waals surface area contributed by atoms with E-state index in [1.807, 2.05) is 0 Å². The first-order valence-electron chi connectivity index (χ1n) is 6.75. The van der Waals surface area contributed by atoms with Crippen molar-refractivity contribution in [3.05, 3.63) is 28.8 Å². The Morgan fingerprint density at radius 1 is 1.33 bits per heavy atom. The lowest BCUT2D eigenvalue weighted by Crippen LogP contribution is -2.29. The Balaban J connectivity index is 2.33. The van der Waals surface area contributed by atoms with Crippen LogP contribution in [0.1, 0.15) is 19.4 Å². The number of rotatable bonds is 2. The molecule has 0 aromatic heterocycles. The van der Waals surface area contributed by atoms with Gasteiger partial charge in [-0.05, 0) is 30.0 Å². The fraction of sp³-hybridized carbons (Fsp3) is 0.467. The highest BCUT2D eigenvalue weighted by Crippen LogP contribution is 2.31. The Labute approximate surface area is 130 Å². The first-order valence-corrected chi connectivity index (χ1v) is 8.57. The summed E-state index contributed by atoms with van der Waals surface area (Å²) in [7, 11) is -3.57. The van der Waals surface area contributed by atoms with E-state index in [0.29, 0.717) is 30.5 Å². The van der Waals surface area contributed by atoms with Crippen molar-refractivity contribution < 1.29 is 13.5 Å². The summed E-state index contributed by atoms with van der Waals surface area (Å²) in [6, 6.07) is 4.59. The second-order valence-electron chi connectivity index (χ2n) is 5.38. The number of hydrogen-bond donors (Lipinski definition) is 1. The molecule has 1 heterocycles. The summed E-state index contributed by atoms with van der Waals surface area (Å²) in [6.07, 6.45) is 0. The molecule has 2 atom stereocenters. The van der Waals surface area contributed by atoms with E-state index >= 15 is 0 Å². The molecule has 2 rings (SSSR count). The maximum atomic E-state index is 12.6. The summed E-state index contributed by atoms with van der Waals surface area (Å²) in [5, 5.41) is 8.82. The van der Waals surface area contributed by atoms with Crippen LogP contribution in [0, 0.1) is 23.7 Å². The first kappa shape index (κ1) is 16.3. The van der Waals surface area contributed by atoms with E-state index in [4.69, 9.17) is 16.7 Å². The lowest BCUT2D eigenvalue weighted by atomic mass is 10.0. The third-order valence-electron chi connectivity index (χ3n) is 3.82. The number of benzene rings is 1. The van der Waals surface area contributed by atoms with Crippen LogP contribution in [0.15, 0.2) is 23.1 Å². The summed E-state index contributed by atoms with van der Waals surface area (Å²) in [5.74, 6) is 5.89. The molecule has 0 amide bonds. The summed E-state index contributed by atoms with van der Waals surface area (Å²) >= 11 is 6.11. The van der Waals surface area contributed by atoms with E-state index in [2.05, 4.69) is 25.7 Å². The van der Waals surface area contributed by atoms with E-state index in [9.17, 15) is 8.42 Å². The van der Waals surface area contributed by atoms with Crippen molar-refractivity contribution in [2.24, 2.45) is 11.8 Å². The van der Waals surface area contributed by atoms with Gasteiger partial charge in [0.15, 0.2) is 0 Å². The molecular weight excluding hydrogens is 310 g/mol. The minimum absolute atomic E-state index is 0.111. The number of nitrogens with zero attached hydrogens (tertiary/aromatic N) is 1. The quantitative estimate of drug-likeness (QED) is 0.845. The normalized spacial score (nSPS) is 22.9. The standard InChI is InChI=1S/C15H18ClNO3S/c1-11-9-17(10-12(11)2)21(19,20)15-6-5-13(4-3-7-18)8-14(15)16/h5-6,8,11-12,18H,7,9-10H2,1-2H3. The van der Waals surface area contributed by atoms with Gasteiger partial charge >= 0.3 is 0 Å². The molecule has 1 aromatic carbocycles. The SMILES string of the molecule is CC1CN(S(=O)(=O)c2ccc(C#CCO)cc2Cl)CC1C. The molecule has 0 radical (unpaired) electrons. The maximum Gasteiger partial charge on any atom is 0.244 e. The van der Waals surface area contributed by atoms with Crippen LogP contribution in [-0.4, -0.2) is 37.5 Å². The maximum absolute atomic E-state index is 12.6. The van der Waals surface area contributed by atoms with Crippen molar-refractivity contribution >= 4 is 21.6 Å². The third kappa shape index (κ3) is 3.41. The summed E-state index contributed by atoms with van der Waals surface area (Å²) < 4.78 is 26.8. The van der Waals surface area contributed by atoms with Gasteiger partial charge in [-0.15, -0.1) is 0 Å². The van der Waals surface area contributed by atoms with Gasteiger partial charge in [0.2, 0.25) is 10.0 Å². The Bertz CT molecular complexity index is 681. The van der Waals surface area contributed by atoms with Gasteiger partial charge in [0.25, 0.3) is 0 Å². The largest absolute Gasteiger partial charge is 0.384 e. The fourth-order valence-corrected chi connectivity index (χ4v) is 4.50. The highest BCUT2D eigenvalue weighted by atomic mass is 35.5. The van der Waals surface area contributed by atoms with E-state index in [1.165, 1.54) is 16.4 Å². The van der Waals surface area contributed by atoms with Gasteiger partial charge in [-0.25, -0.2) is 8.42 Å². The van der Waals surface area contributed by atoms with Crippen LogP contribution in [0.3, 0.4) is 0 Å². The lowest BCUT2D eigenvalue weighted by molar-refractivity contribution is 0.350. The van der Waals surface area contributed by atoms with E-state index in [0.717, 1.165) is 0 Å². The lowest BCUT2D eigenvalue weighted by Gasteiger charge is -2.17.